The maximum absolute atomic E-state index is 5.84. The molecule has 0 bridgehead atoms. The van der Waals surface area contributed by atoms with Crippen LogP contribution in [-0.4, -0.2) is 9.78 Å². The number of nitrogens with zero attached hydrogens (tertiary/aromatic N) is 2. The summed E-state index contributed by atoms with van der Waals surface area (Å²) in [7, 11) is 1.95. The lowest BCUT2D eigenvalue weighted by Gasteiger charge is -2.05. The van der Waals surface area contributed by atoms with Crippen LogP contribution >= 0.6 is 11.6 Å². The van der Waals surface area contributed by atoms with Crippen molar-refractivity contribution in [3.8, 4) is 0 Å². The van der Waals surface area contributed by atoms with E-state index >= 15 is 0 Å². The van der Waals surface area contributed by atoms with Gasteiger partial charge in [-0.25, -0.2) is 0 Å². The maximum atomic E-state index is 5.84. The molecule has 1 N–H and O–H groups in total. The normalized spacial score (nSPS) is 10.5. The first-order valence-corrected chi connectivity index (χ1v) is 6.07. The van der Waals surface area contributed by atoms with Crippen LogP contribution in [0.15, 0.2) is 30.5 Å². The number of aromatic nitrogens is 2. The molecule has 0 saturated carbocycles. The summed E-state index contributed by atoms with van der Waals surface area (Å²) in [5, 5.41) is 8.53. The minimum absolute atomic E-state index is 0.756. The molecule has 0 radical (unpaired) electrons. The number of halogens is 1. The highest BCUT2D eigenvalue weighted by atomic mass is 35.5. The molecule has 17 heavy (non-hydrogen) atoms. The Hall–Kier alpha value is -1.48. The Labute approximate surface area is 106 Å². The lowest BCUT2D eigenvalue weighted by atomic mass is 10.2. The Balaban J connectivity index is 2.04. The summed E-state index contributed by atoms with van der Waals surface area (Å²) in [5.41, 5.74) is 3.46. The molecule has 1 aromatic carbocycles. The summed E-state index contributed by atoms with van der Waals surface area (Å²) < 4.78 is 1.86. The lowest BCUT2D eigenvalue weighted by molar-refractivity contribution is 0.746. The zero-order chi connectivity index (χ0) is 12.3. The van der Waals surface area contributed by atoms with E-state index in [0.29, 0.717) is 0 Å². The van der Waals surface area contributed by atoms with E-state index in [1.807, 2.05) is 36.0 Å². The van der Waals surface area contributed by atoms with E-state index < -0.39 is 0 Å². The van der Waals surface area contributed by atoms with Crippen LogP contribution < -0.4 is 5.32 Å². The van der Waals surface area contributed by atoms with E-state index in [0.717, 1.165) is 29.4 Å². The molecule has 0 amide bonds. The number of rotatable bonds is 4. The van der Waals surface area contributed by atoms with E-state index in [1.165, 1.54) is 5.56 Å². The molecule has 0 unspecified atom stereocenters. The molecule has 0 saturated heterocycles. The second kappa shape index (κ2) is 5.23. The lowest BCUT2D eigenvalue weighted by Crippen LogP contribution is -2.00. The fourth-order valence-electron chi connectivity index (χ4n) is 1.79. The molecule has 1 aromatic heterocycles. The van der Waals surface area contributed by atoms with Crippen LogP contribution in [0, 0.1) is 0 Å². The molecule has 0 spiro atoms. The largest absolute Gasteiger partial charge is 0.381 e. The van der Waals surface area contributed by atoms with Crippen LogP contribution in [0.5, 0.6) is 0 Å². The average molecular weight is 250 g/mol. The van der Waals surface area contributed by atoms with Gasteiger partial charge >= 0.3 is 0 Å². The van der Waals surface area contributed by atoms with Crippen LogP contribution in [-0.2, 0) is 20.0 Å². The van der Waals surface area contributed by atoms with Gasteiger partial charge in [-0.3, -0.25) is 4.68 Å². The fourth-order valence-corrected chi connectivity index (χ4v) is 1.92. The summed E-state index contributed by atoms with van der Waals surface area (Å²) in [5.74, 6) is 0. The summed E-state index contributed by atoms with van der Waals surface area (Å²) in [6, 6.07) is 7.72. The quantitative estimate of drug-likeness (QED) is 0.902. The summed E-state index contributed by atoms with van der Waals surface area (Å²) in [6.07, 6.45) is 3.01. The maximum Gasteiger partial charge on any atom is 0.0671 e. The van der Waals surface area contributed by atoms with Crippen molar-refractivity contribution < 1.29 is 0 Å². The Morgan fingerprint density at radius 2 is 2.00 bits per heavy atom. The van der Waals surface area contributed by atoms with E-state index in [2.05, 4.69) is 23.5 Å². The zero-order valence-electron chi connectivity index (χ0n) is 10.1. The third-order valence-corrected chi connectivity index (χ3v) is 2.91. The molecule has 0 aliphatic carbocycles. The van der Waals surface area contributed by atoms with Crippen LogP contribution in [0.25, 0.3) is 0 Å². The smallest absolute Gasteiger partial charge is 0.0671 e. The van der Waals surface area contributed by atoms with Crippen LogP contribution in [0.1, 0.15) is 18.2 Å². The second-order valence-corrected chi connectivity index (χ2v) is 4.43. The van der Waals surface area contributed by atoms with Crippen molar-refractivity contribution in [2.45, 2.75) is 19.9 Å². The van der Waals surface area contributed by atoms with Crippen molar-refractivity contribution in [3.05, 3.63) is 46.7 Å². The molecule has 0 fully saturated rings. The number of nitrogens with one attached hydrogen (secondary N) is 1. The third-order valence-electron chi connectivity index (χ3n) is 2.65. The predicted molar refractivity (Wildman–Crippen MR) is 71.4 cm³/mol. The molecule has 4 heteroatoms. The van der Waals surface area contributed by atoms with Gasteiger partial charge in [0.1, 0.15) is 0 Å². The minimum Gasteiger partial charge on any atom is -0.381 e. The van der Waals surface area contributed by atoms with Gasteiger partial charge in [-0.2, -0.15) is 5.10 Å². The number of aryl methyl sites for hydroxylation is 2. The van der Waals surface area contributed by atoms with E-state index in [9.17, 15) is 0 Å². The monoisotopic (exact) mass is 249 g/mol. The second-order valence-electron chi connectivity index (χ2n) is 3.99. The first-order chi connectivity index (χ1) is 8.19. The van der Waals surface area contributed by atoms with Crippen molar-refractivity contribution in [1.82, 2.24) is 9.78 Å². The van der Waals surface area contributed by atoms with Crippen molar-refractivity contribution in [2.24, 2.45) is 7.05 Å². The van der Waals surface area contributed by atoms with Gasteiger partial charge in [-0.1, -0.05) is 18.5 Å². The van der Waals surface area contributed by atoms with Crippen molar-refractivity contribution in [1.29, 1.82) is 0 Å². The van der Waals surface area contributed by atoms with E-state index in [-0.39, 0.29) is 0 Å². The van der Waals surface area contributed by atoms with Gasteiger partial charge in [0, 0.05) is 36.1 Å². The van der Waals surface area contributed by atoms with Gasteiger partial charge in [0.25, 0.3) is 0 Å². The first-order valence-electron chi connectivity index (χ1n) is 5.70. The van der Waals surface area contributed by atoms with Crippen molar-refractivity contribution >= 4 is 17.3 Å². The number of benzene rings is 1. The molecular formula is C13H16ClN3. The van der Waals surface area contributed by atoms with Gasteiger partial charge in [0.05, 0.1) is 5.69 Å². The standard InChI is InChI=1S/C13H16ClN3/c1-3-13-10(9-17(2)16-13)8-15-12-6-4-11(14)5-7-12/h4-7,9,15H,3,8H2,1-2H3. The summed E-state index contributed by atoms with van der Waals surface area (Å²) >= 11 is 5.84. The summed E-state index contributed by atoms with van der Waals surface area (Å²) in [6.45, 7) is 2.91. The highest BCUT2D eigenvalue weighted by molar-refractivity contribution is 6.30. The minimum atomic E-state index is 0.756. The van der Waals surface area contributed by atoms with Crippen molar-refractivity contribution in [3.63, 3.8) is 0 Å². The van der Waals surface area contributed by atoms with Crippen LogP contribution in [0.3, 0.4) is 0 Å². The molecule has 2 aromatic rings. The Kier molecular flexibility index (Phi) is 3.69. The number of anilines is 1. The molecule has 1 heterocycles. The molecule has 3 nitrogen and oxygen atoms in total. The first kappa shape index (κ1) is 12.0. The van der Waals surface area contributed by atoms with Gasteiger partial charge in [-0.15, -0.1) is 0 Å². The molecular weight excluding hydrogens is 234 g/mol. The number of hydrogen-bond donors (Lipinski definition) is 1. The van der Waals surface area contributed by atoms with Gasteiger partial charge in [-0.05, 0) is 30.7 Å². The molecule has 2 rings (SSSR count). The molecule has 90 valence electrons. The Morgan fingerprint density at radius 3 is 2.65 bits per heavy atom. The topological polar surface area (TPSA) is 29.9 Å². The van der Waals surface area contributed by atoms with Crippen molar-refractivity contribution in [2.75, 3.05) is 5.32 Å². The SMILES string of the molecule is CCc1nn(C)cc1CNc1ccc(Cl)cc1. The predicted octanol–water partition coefficient (Wildman–Crippen LogP) is 3.25. The third kappa shape index (κ3) is 3.01. The van der Waals surface area contributed by atoms with E-state index in [1.54, 1.807) is 0 Å². The average Bonchev–Trinajstić information content (AvgIpc) is 2.69. The highest BCUT2D eigenvalue weighted by Gasteiger charge is 2.05. The Bertz CT molecular complexity index is 488. The van der Waals surface area contributed by atoms with E-state index in [4.69, 9.17) is 11.6 Å². The van der Waals surface area contributed by atoms with Crippen LogP contribution in [0.4, 0.5) is 5.69 Å². The number of hydrogen-bond acceptors (Lipinski definition) is 2. The van der Waals surface area contributed by atoms with Gasteiger partial charge in [0.15, 0.2) is 0 Å². The van der Waals surface area contributed by atoms with Gasteiger partial charge < -0.3 is 5.32 Å². The zero-order valence-corrected chi connectivity index (χ0v) is 10.8. The highest BCUT2D eigenvalue weighted by Crippen LogP contribution is 2.15. The fraction of sp³-hybridized carbons (Fsp3) is 0.308. The van der Waals surface area contributed by atoms with Crippen LogP contribution in [0.2, 0.25) is 5.02 Å². The summed E-state index contributed by atoms with van der Waals surface area (Å²) in [4.78, 5) is 0. The molecule has 0 aliphatic rings. The van der Waals surface area contributed by atoms with Gasteiger partial charge in [0.2, 0.25) is 0 Å². The Morgan fingerprint density at radius 1 is 1.29 bits per heavy atom. The molecule has 0 aliphatic heterocycles. The molecule has 0 atom stereocenters.